The van der Waals surface area contributed by atoms with Crippen LogP contribution in [-0.2, 0) is 10.0 Å². The summed E-state index contributed by atoms with van der Waals surface area (Å²) in [5.74, 6) is 0.629. The molecule has 1 heterocycles. The number of benzene rings is 1. The van der Waals surface area contributed by atoms with E-state index in [1.54, 1.807) is 17.5 Å². The van der Waals surface area contributed by atoms with Gasteiger partial charge < -0.3 is 4.74 Å². The predicted molar refractivity (Wildman–Crippen MR) is 84.3 cm³/mol. The fourth-order valence-corrected chi connectivity index (χ4v) is 5.13. The van der Waals surface area contributed by atoms with Gasteiger partial charge >= 0.3 is 0 Å². The summed E-state index contributed by atoms with van der Waals surface area (Å²) in [5, 5.41) is 0. The summed E-state index contributed by atoms with van der Waals surface area (Å²) >= 11 is 0. The zero-order valence-electron chi connectivity index (χ0n) is 13.3. The lowest BCUT2D eigenvalue weighted by Crippen LogP contribution is -2.43. The quantitative estimate of drug-likeness (QED) is 0.857. The standard InChI is InChI=1S/C16H25NO3S/c1-5-14-8-6-7-9-17(14)21(18,19)16-11-15(20-4)12(2)10-13(16)3/h10-11,14H,5-9H2,1-4H3/t14-/m1/s1. The summed E-state index contributed by atoms with van der Waals surface area (Å²) in [5.41, 5.74) is 1.74. The fraction of sp³-hybridized carbons (Fsp3) is 0.625. The molecular formula is C16H25NO3S. The van der Waals surface area contributed by atoms with Gasteiger partial charge in [0.05, 0.1) is 12.0 Å². The van der Waals surface area contributed by atoms with Crippen molar-refractivity contribution < 1.29 is 13.2 Å². The van der Waals surface area contributed by atoms with Crippen molar-refractivity contribution in [3.63, 3.8) is 0 Å². The van der Waals surface area contributed by atoms with Crippen LogP contribution in [-0.4, -0.2) is 32.4 Å². The van der Waals surface area contributed by atoms with Crippen LogP contribution in [0, 0.1) is 13.8 Å². The van der Waals surface area contributed by atoms with Crippen molar-refractivity contribution >= 4 is 10.0 Å². The maximum absolute atomic E-state index is 13.0. The van der Waals surface area contributed by atoms with Gasteiger partial charge in [0.1, 0.15) is 5.75 Å². The maximum Gasteiger partial charge on any atom is 0.243 e. The number of nitrogens with zero attached hydrogens (tertiary/aromatic N) is 1. The fourth-order valence-electron chi connectivity index (χ4n) is 3.14. The molecule has 0 aliphatic carbocycles. The minimum Gasteiger partial charge on any atom is -0.496 e. The highest BCUT2D eigenvalue weighted by Gasteiger charge is 2.33. The van der Waals surface area contributed by atoms with Crippen LogP contribution in [0.2, 0.25) is 0 Å². The van der Waals surface area contributed by atoms with Crippen molar-refractivity contribution in [2.24, 2.45) is 0 Å². The van der Waals surface area contributed by atoms with Crippen LogP contribution in [0.1, 0.15) is 43.7 Å². The minimum absolute atomic E-state index is 0.121. The van der Waals surface area contributed by atoms with Crippen LogP contribution in [0.5, 0.6) is 5.75 Å². The Morgan fingerprint density at radius 3 is 2.57 bits per heavy atom. The molecule has 0 spiro atoms. The Hall–Kier alpha value is -1.07. The molecule has 2 rings (SSSR count). The molecule has 0 N–H and O–H groups in total. The van der Waals surface area contributed by atoms with E-state index < -0.39 is 10.0 Å². The Bertz CT molecular complexity index is 610. The largest absolute Gasteiger partial charge is 0.496 e. The van der Waals surface area contributed by atoms with Gasteiger partial charge in [0, 0.05) is 18.7 Å². The van der Waals surface area contributed by atoms with Crippen molar-refractivity contribution in [2.75, 3.05) is 13.7 Å². The molecule has 1 aromatic rings. The third-order valence-corrected chi connectivity index (χ3v) is 6.42. The molecular weight excluding hydrogens is 286 g/mol. The third kappa shape index (κ3) is 3.09. The average Bonchev–Trinajstić information content (AvgIpc) is 2.47. The van der Waals surface area contributed by atoms with Crippen molar-refractivity contribution in [3.05, 3.63) is 23.3 Å². The molecule has 1 aliphatic heterocycles. The number of methoxy groups -OCH3 is 1. The molecule has 5 heteroatoms. The van der Waals surface area contributed by atoms with Gasteiger partial charge in [-0.05, 0) is 44.2 Å². The second-order valence-corrected chi connectivity index (χ2v) is 7.62. The van der Waals surface area contributed by atoms with E-state index in [0.29, 0.717) is 17.2 Å². The summed E-state index contributed by atoms with van der Waals surface area (Å²) < 4.78 is 33.0. The van der Waals surface area contributed by atoms with Gasteiger partial charge in [-0.25, -0.2) is 8.42 Å². The van der Waals surface area contributed by atoms with Gasteiger partial charge in [0.15, 0.2) is 0 Å². The smallest absolute Gasteiger partial charge is 0.243 e. The second-order valence-electron chi connectivity index (χ2n) is 5.76. The molecule has 0 amide bonds. The summed E-state index contributed by atoms with van der Waals surface area (Å²) in [6, 6.07) is 3.67. The first kappa shape index (κ1) is 16.3. The molecule has 0 radical (unpaired) electrons. The molecule has 0 aromatic heterocycles. The molecule has 0 bridgehead atoms. The van der Waals surface area contributed by atoms with Gasteiger partial charge in [-0.1, -0.05) is 19.4 Å². The molecule has 1 aliphatic rings. The highest BCUT2D eigenvalue weighted by Crippen LogP contribution is 2.32. The molecule has 118 valence electrons. The van der Waals surface area contributed by atoms with Crippen LogP contribution < -0.4 is 4.74 Å². The average molecular weight is 311 g/mol. The maximum atomic E-state index is 13.0. The first-order valence-corrected chi connectivity index (χ1v) is 9.03. The minimum atomic E-state index is -3.45. The number of rotatable bonds is 4. The van der Waals surface area contributed by atoms with Crippen molar-refractivity contribution in [3.8, 4) is 5.75 Å². The molecule has 21 heavy (non-hydrogen) atoms. The molecule has 1 fully saturated rings. The first-order valence-electron chi connectivity index (χ1n) is 7.59. The second kappa shape index (κ2) is 6.36. The van der Waals surface area contributed by atoms with E-state index in [0.717, 1.165) is 36.8 Å². The summed E-state index contributed by atoms with van der Waals surface area (Å²) in [6.07, 6.45) is 3.87. The first-order chi connectivity index (χ1) is 9.91. The van der Waals surface area contributed by atoms with Crippen LogP contribution in [0.3, 0.4) is 0 Å². The Morgan fingerprint density at radius 2 is 1.95 bits per heavy atom. The normalized spacial score (nSPS) is 20.5. The van der Waals surface area contributed by atoms with Gasteiger partial charge in [0.2, 0.25) is 10.0 Å². The number of sulfonamides is 1. The zero-order chi connectivity index (χ0) is 15.6. The number of ether oxygens (including phenoxy) is 1. The molecule has 1 saturated heterocycles. The summed E-state index contributed by atoms with van der Waals surface area (Å²) in [7, 11) is -1.88. The van der Waals surface area contributed by atoms with E-state index >= 15 is 0 Å². The summed E-state index contributed by atoms with van der Waals surface area (Å²) in [6.45, 7) is 6.46. The lowest BCUT2D eigenvalue weighted by atomic mass is 10.0. The van der Waals surface area contributed by atoms with Gasteiger partial charge in [-0.3, -0.25) is 0 Å². The van der Waals surface area contributed by atoms with E-state index in [1.165, 1.54) is 0 Å². The van der Waals surface area contributed by atoms with E-state index in [4.69, 9.17) is 4.74 Å². The molecule has 0 unspecified atom stereocenters. The highest BCUT2D eigenvalue weighted by atomic mass is 32.2. The van der Waals surface area contributed by atoms with E-state index in [2.05, 4.69) is 6.92 Å². The van der Waals surface area contributed by atoms with E-state index in [-0.39, 0.29) is 6.04 Å². The summed E-state index contributed by atoms with van der Waals surface area (Å²) in [4.78, 5) is 0.380. The highest BCUT2D eigenvalue weighted by molar-refractivity contribution is 7.89. The third-order valence-electron chi connectivity index (χ3n) is 4.32. The van der Waals surface area contributed by atoms with E-state index in [9.17, 15) is 8.42 Å². The van der Waals surface area contributed by atoms with E-state index in [1.807, 2.05) is 19.9 Å². The molecule has 1 aromatic carbocycles. The molecule has 0 saturated carbocycles. The van der Waals surface area contributed by atoms with Crippen LogP contribution in [0.25, 0.3) is 0 Å². The molecule has 4 nitrogen and oxygen atoms in total. The van der Waals surface area contributed by atoms with Crippen molar-refractivity contribution in [1.29, 1.82) is 0 Å². The van der Waals surface area contributed by atoms with Crippen LogP contribution in [0.4, 0.5) is 0 Å². The van der Waals surface area contributed by atoms with Crippen LogP contribution >= 0.6 is 0 Å². The van der Waals surface area contributed by atoms with Gasteiger partial charge in [-0.2, -0.15) is 4.31 Å². The van der Waals surface area contributed by atoms with Crippen molar-refractivity contribution in [1.82, 2.24) is 4.31 Å². The Balaban J connectivity index is 2.48. The van der Waals surface area contributed by atoms with Gasteiger partial charge in [-0.15, -0.1) is 0 Å². The number of aryl methyl sites for hydroxylation is 2. The lowest BCUT2D eigenvalue weighted by molar-refractivity contribution is 0.246. The number of hydrogen-bond donors (Lipinski definition) is 0. The lowest BCUT2D eigenvalue weighted by Gasteiger charge is -2.34. The monoisotopic (exact) mass is 311 g/mol. The van der Waals surface area contributed by atoms with Crippen molar-refractivity contribution in [2.45, 2.75) is 57.4 Å². The van der Waals surface area contributed by atoms with Gasteiger partial charge in [0.25, 0.3) is 0 Å². The number of hydrogen-bond acceptors (Lipinski definition) is 3. The topological polar surface area (TPSA) is 46.6 Å². The zero-order valence-corrected chi connectivity index (χ0v) is 14.2. The molecule has 1 atom stereocenters. The SMILES string of the molecule is CC[C@@H]1CCCCN1S(=O)(=O)c1cc(OC)c(C)cc1C. The number of piperidine rings is 1. The Morgan fingerprint density at radius 1 is 1.24 bits per heavy atom. The Kier molecular flexibility index (Phi) is 4.94. The van der Waals surface area contributed by atoms with Crippen LogP contribution in [0.15, 0.2) is 17.0 Å². The Labute approximate surface area is 128 Å². The predicted octanol–water partition coefficient (Wildman–Crippen LogP) is 3.27.